The highest BCUT2D eigenvalue weighted by Gasteiger charge is 2.34. The van der Waals surface area contributed by atoms with Crippen molar-refractivity contribution in [3.8, 4) is 28.6 Å². The number of aromatic nitrogens is 2. The van der Waals surface area contributed by atoms with Gasteiger partial charge in [0.05, 0.1) is 18.7 Å². The normalized spacial score (nSPS) is 17.2. The zero-order valence-corrected chi connectivity index (χ0v) is 20.1. The van der Waals surface area contributed by atoms with Gasteiger partial charge in [-0.3, -0.25) is 0 Å². The van der Waals surface area contributed by atoms with Crippen LogP contribution in [-0.4, -0.2) is 40.6 Å². The van der Waals surface area contributed by atoms with Gasteiger partial charge in [-0.15, -0.1) is 0 Å². The minimum Gasteiger partial charge on any atom is -0.497 e. The molecule has 34 heavy (non-hydrogen) atoms. The van der Waals surface area contributed by atoms with E-state index in [1.807, 2.05) is 42.5 Å². The molecule has 1 aromatic heterocycles. The number of methoxy groups -OCH3 is 1. The van der Waals surface area contributed by atoms with Crippen molar-refractivity contribution in [2.75, 3.05) is 20.4 Å². The lowest BCUT2D eigenvalue weighted by Gasteiger charge is -2.37. The maximum Gasteiger partial charge on any atom is 0.258 e. The van der Waals surface area contributed by atoms with Crippen molar-refractivity contribution in [1.82, 2.24) is 20.4 Å². The number of allylic oxidation sites excluding steroid dienone is 1. The number of hydrogen-bond acceptors (Lipinski definition) is 7. The summed E-state index contributed by atoms with van der Waals surface area (Å²) in [7, 11) is 1.65. The summed E-state index contributed by atoms with van der Waals surface area (Å²) in [5.74, 6) is 3.06. The van der Waals surface area contributed by atoms with E-state index in [1.165, 1.54) is 0 Å². The molecule has 0 saturated heterocycles. The van der Waals surface area contributed by atoms with Crippen LogP contribution in [0.2, 0.25) is 0 Å². The van der Waals surface area contributed by atoms with Crippen LogP contribution in [0.1, 0.15) is 44.2 Å². The fraction of sp³-hybridized carbons (Fsp3) is 0.320. The second kappa shape index (κ2) is 9.34. The average Bonchev–Trinajstić information content (AvgIpc) is 3.53. The first kappa shape index (κ1) is 22.2. The summed E-state index contributed by atoms with van der Waals surface area (Å²) in [6.07, 6.45) is 2.08. The van der Waals surface area contributed by atoms with Gasteiger partial charge in [-0.1, -0.05) is 30.6 Å². The van der Waals surface area contributed by atoms with Gasteiger partial charge in [0.1, 0.15) is 5.75 Å². The fourth-order valence-corrected chi connectivity index (χ4v) is 4.55. The molecule has 176 valence electrons. The van der Waals surface area contributed by atoms with Gasteiger partial charge >= 0.3 is 0 Å². The zero-order valence-electron chi connectivity index (χ0n) is 19.3. The Morgan fingerprint density at radius 2 is 2.03 bits per heavy atom. The molecule has 1 unspecified atom stereocenters. The molecule has 0 saturated carbocycles. The van der Waals surface area contributed by atoms with Gasteiger partial charge in [0, 0.05) is 17.8 Å². The number of thiocarbonyl (C=S) groups is 1. The maximum absolute atomic E-state index is 5.81. The number of hydrogen-bond donors (Lipinski definition) is 1. The molecule has 0 spiro atoms. The van der Waals surface area contributed by atoms with Crippen LogP contribution in [0.25, 0.3) is 17.0 Å². The highest BCUT2D eigenvalue weighted by molar-refractivity contribution is 7.80. The molecule has 3 aromatic rings. The molecule has 1 N–H and O–H groups in total. The van der Waals surface area contributed by atoms with Crippen molar-refractivity contribution in [3.05, 3.63) is 59.6 Å². The van der Waals surface area contributed by atoms with E-state index in [4.69, 9.17) is 35.9 Å². The molecule has 2 aliphatic rings. The first-order chi connectivity index (χ1) is 16.6. The predicted molar refractivity (Wildman–Crippen MR) is 132 cm³/mol. The monoisotopic (exact) mass is 478 g/mol. The van der Waals surface area contributed by atoms with Crippen LogP contribution in [0, 0.1) is 0 Å². The Morgan fingerprint density at radius 3 is 2.85 bits per heavy atom. The van der Waals surface area contributed by atoms with Crippen molar-refractivity contribution in [3.63, 3.8) is 0 Å². The molecule has 0 aliphatic carbocycles. The predicted octanol–water partition coefficient (Wildman–Crippen LogP) is 4.94. The van der Waals surface area contributed by atoms with Gasteiger partial charge in [0.25, 0.3) is 5.89 Å². The van der Waals surface area contributed by atoms with Crippen LogP contribution in [0.4, 0.5) is 0 Å². The zero-order chi connectivity index (χ0) is 23.7. The summed E-state index contributed by atoms with van der Waals surface area (Å²) in [6, 6.07) is 13.2. The topological polar surface area (TPSA) is 81.9 Å². The third-order valence-corrected chi connectivity index (χ3v) is 6.38. The van der Waals surface area contributed by atoms with Crippen LogP contribution in [0.15, 0.2) is 52.7 Å². The third kappa shape index (κ3) is 4.07. The van der Waals surface area contributed by atoms with Gasteiger partial charge < -0.3 is 29.0 Å². The van der Waals surface area contributed by atoms with E-state index in [0.29, 0.717) is 28.3 Å². The molecule has 5 rings (SSSR count). The van der Waals surface area contributed by atoms with Gasteiger partial charge in [-0.2, -0.15) is 4.98 Å². The molecule has 0 fully saturated rings. The standard InChI is InChI=1S/C25H26N4O4S/c1-4-5-11-29-15(2)21(22(26-25(29)34)16-7-6-8-18(12-16)30-3)24-27-23(28-33-24)17-9-10-19-20(13-17)32-14-31-19/h6-10,12-13,22H,4-5,11,14H2,1-3H3,(H,26,34). The molecule has 0 radical (unpaired) electrons. The fourth-order valence-electron chi connectivity index (χ4n) is 4.20. The smallest absolute Gasteiger partial charge is 0.258 e. The summed E-state index contributed by atoms with van der Waals surface area (Å²) < 4.78 is 22.2. The number of nitrogens with zero attached hydrogens (tertiary/aromatic N) is 3. The second-order valence-corrected chi connectivity index (χ2v) is 8.54. The molecule has 2 aromatic carbocycles. The average molecular weight is 479 g/mol. The number of ether oxygens (including phenoxy) is 3. The second-order valence-electron chi connectivity index (χ2n) is 8.15. The Bertz CT molecular complexity index is 1260. The van der Waals surface area contributed by atoms with Gasteiger partial charge in [-0.25, -0.2) is 0 Å². The molecule has 2 aliphatic heterocycles. The quantitative estimate of drug-likeness (QED) is 0.475. The summed E-state index contributed by atoms with van der Waals surface area (Å²) >= 11 is 5.74. The Labute approximate surface area is 203 Å². The Hall–Kier alpha value is -3.59. The maximum atomic E-state index is 5.81. The molecule has 0 bridgehead atoms. The summed E-state index contributed by atoms with van der Waals surface area (Å²) in [4.78, 5) is 6.87. The Morgan fingerprint density at radius 1 is 1.18 bits per heavy atom. The minimum atomic E-state index is -0.259. The number of nitrogens with one attached hydrogen (secondary N) is 1. The van der Waals surface area contributed by atoms with E-state index in [0.717, 1.165) is 47.5 Å². The van der Waals surface area contributed by atoms with Crippen LogP contribution >= 0.6 is 12.2 Å². The number of fused-ring (bicyclic) bond motifs is 1. The van der Waals surface area contributed by atoms with Gasteiger partial charge in [-0.05, 0) is 61.5 Å². The first-order valence-electron chi connectivity index (χ1n) is 11.3. The molecular formula is C25H26N4O4S. The van der Waals surface area contributed by atoms with E-state index in [2.05, 4.69) is 29.2 Å². The van der Waals surface area contributed by atoms with Crippen LogP contribution < -0.4 is 19.5 Å². The lowest BCUT2D eigenvalue weighted by Crippen LogP contribution is -2.46. The van der Waals surface area contributed by atoms with E-state index >= 15 is 0 Å². The Kier molecular flexibility index (Phi) is 6.10. The van der Waals surface area contributed by atoms with Crippen LogP contribution in [0.5, 0.6) is 17.2 Å². The lowest BCUT2D eigenvalue weighted by atomic mass is 9.94. The van der Waals surface area contributed by atoms with Crippen LogP contribution in [0.3, 0.4) is 0 Å². The number of benzene rings is 2. The van der Waals surface area contributed by atoms with E-state index in [9.17, 15) is 0 Å². The van der Waals surface area contributed by atoms with E-state index < -0.39 is 0 Å². The highest BCUT2D eigenvalue weighted by atomic mass is 32.1. The van der Waals surface area contributed by atoms with Gasteiger partial charge in [0.2, 0.25) is 12.6 Å². The molecule has 0 amide bonds. The van der Waals surface area contributed by atoms with Crippen molar-refractivity contribution < 1.29 is 18.7 Å². The third-order valence-electron chi connectivity index (χ3n) is 6.05. The number of rotatable bonds is 7. The largest absolute Gasteiger partial charge is 0.497 e. The molecular weight excluding hydrogens is 452 g/mol. The van der Waals surface area contributed by atoms with Crippen molar-refractivity contribution in [2.24, 2.45) is 0 Å². The summed E-state index contributed by atoms with van der Waals surface area (Å²) in [5, 5.41) is 8.43. The highest BCUT2D eigenvalue weighted by Crippen LogP contribution is 2.39. The summed E-state index contributed by atoms with van der Waals surface area (Å²) in [5.41, 5.74) is 3.66. The van der Waals surface area contributed by atoms with E-state index in [-0.39, 0.29) is 12.8 Å². The minimum absolute atomic E-state index is 0.212. The lowest BCUT2D eigenvalue weighted by molar-refractivity contribution is 0.174. The van der Waals surface area contributed by atoms with Crippen molar-refractivity contribution >= 4 is 22.9 Å². The SMILES string of the molecule is CCCCN1C(=S)NC(c2cccc(OC)c2)C(c2nc(-c3ccc4c(c3)OCO4)no2)=C1C. The van der Waals surface area contributed by atoms with Crippen molar-refractivity contribution in [2.45, 2.75) is 32.7 Å². The van der Waals surface area contributed by atoms with Gasteiger partial charge in [0.15, 0.2) is 16.6 Å². The number of unbranched alkanes of at least 4 members (excludes halogenated alkanes) is 1. The molecule has 1 atom stereocenters. The first-order valence-corrected chi connectivity index (χ1v) is 11.7. The van der Waals surface area contributed by atoms with Crippen LogP contribution in [-0.2, 0) is 0 Å². The summed E-state index contributed by atoms with van der Waals surface area (Å²) in [6.45, 7) is 5.24. The molecule has 9 heteroatoms. The van der Waals surface area contributed by atoms with Crippen molar-refractivity contribution in [1.29, 1.82) is 0 Å². The molecule has 3 heterocycles. The van der Waals surface area contributed by atoms with E-state index in [1.54, 1.807) is 7.11 Å². The Balaban J connectivity index is 1.57. The molecule has 8 nitrogen and oxygen atoms in total.